The number of nitro benzene ring substituents is 2. The predicted octanol–water partition coefficient (Wildman–Crippen LogP) is 5.77. The Kier molecular flexibility index (Phi) is 9.18. The Morgan fingerprint density at radius 3 is 2.50 bits per heavy atom. The second-order valence-electron chi connectivity index (χ2n) is 11.0. The number of hydrogen-bond acceptors (Lipinski definition) is 11. The summed E-state index contributed by atoms with van der Waals surface area (Å²) in [4.78, 5) is 32.2. The number of benzene rings is 1. The fourth-order valence-corrected chi connectivity index (χ4v) is 8.44. The zero-order valence-corrected chi connectivity index (χ0v) is 25.0. The minimum atomic E-state index is -4.46. The van der Waals surface area contributed by atoms with Gasteiger partial charge >= 0.3 is 16.0 Å². The molecule has 0 unspecified atom stereocenters. The molecule has 0 N–H and O–H groups in total. The van der Waals surface area contributed by atoms with Crippen molar-refractivity contribution in [1.82, 2.24) is 14.3 Å². The number of aryl methyl sites for hydroxylation is 1. The van der Waals surface area contributed by atoms with Crippen LogP contribution in [0.4, 0.5) is 17.2 Å². The Hall–Kier alpha value is -3.43. The molecule has 3 heterocycles. The first-order valence-electron chi connectivity index (χ1n) is 14.2. The maximum Gasteiger partial charge on any atom is 0.385 e. The summed E-state index contributed by atoms with van der Waals surface area (Å²) in [6, 6.07) is 2.31. The highest BCUT2D eigenvalue weighted by Gasteiger charge is 2.36. The van der Waals surface area contributed by atoms with Crippen molar-refractivity contribution < 1.29 is 22.4 Å². The third-order valence-electron chi connectivity index (χ3n) is 8.23. The van der Waals surface area contributed by atoms with Crippen molar-refractivity contribution in [2.75, 3.05) is 24.5 Å². The Labute approximate surface area is 248 Å². The molecule has 2 fully saturated rings. The molecule has 1 saturated heterocycles. The summed E-state index contributed by atoms with van der Waals surface area (Å²) in [6.07, 6.45) is 10.1. The maximum atomic E-state index is 13.7. The van der Waals surface area contributed by atoms with Crippen molar-refractivity contribution in [3.63, 3.8) is 0 Å². The van der Waals surface area contributed by atoms with Crippen LogP contribution in [0.5, 0.6) is 5.75 Å². The molecule has 0 spiro atoms. The Morgan fingerprint density at radius 2 is 1.81 bits per heavy atom. The van der Waals surface area contributed by atoms with Crippen molar-refractivity contribution in [3.8, 4) is 5.75 Å². The van der Waals surface area contributed by atoms with Gasteiger partial charge in [0.05, 0.1) is 26.1 Å². The SMILES string of the molecule is Cc1csc2c(N3CCC(N(CCCC4CCCCC4)S(=O)(=O)Oc4ccc([N+](=O)[O-])cc4[N+](=O)[O-])CC3)ncnc12. The molecule has 5 rings (SSSR count). The lowest BCUT2D eigenvalue weighted by Crippen LogP contribution is -2.49. The van der Waals surface area contributed by atoms with E-state index in [0.717, 1.165) is 53.0 Å². The van der Waals surface area contributed by atoms with Gasteiger partial charge in [0.15, 0.2) is 0 Å². The topological polar surface area (TPSA) is 162 Å². The van der Waals surface area contributed by atoms with Gasteiger partial charge in [0.1, 0.15) is 12.1 Å². The third kappa shape index (κ3) is 6.63. The summed E-state index contributed by atoms with van der Waals surface area (Å²) in [5.74, 6) is 0.856. The van der Waals surface area contributed by atoms with Gasteiger partial charge in [-0.3, -0.25) is 20.2 Å². The molecule has 1 aromatic carbocycles. The molecule has 1 saturated carbocycles. The van der Waals surface area contributed by atoms with E-state index in [1.165, 1.54) is 23.6 Å². The number of aromatic nitrogens is 2. The second-order valence-corrected chi connectivity index (χ2v) is 13.3. The lowest BCUT2D eigenvalue weighted by atomic mass is 9.86. The van der Waals surface area contributed by atoms with Crippen LogP contribution in [0.15, 0.2) is 29.9 Å². The van der Waals surface area contributed by atoms with Crippen LogP contribution in [0.3, 0.4) is 0 Å². The summed E-state index contributed by atoms with van der Waals surface area (Å²) >= 11 is 1.59. The molecule has 226 valence electrons. The number of anilines is 1. The first kappa shape index (κ1) is 30.0. The number of nitrogens with zero attached hydrogens (tertiary/aromatic N) is 6. The Morgan fingerprint density at radius 1 is 1.07 bits per heavy atom. The molecule has 2 aromatic heterocycles. The number of rotatable bonds is 11. The van der Waals surface area contributed by atoms with E-state index in [0.29, 0.717) is 44.3 Å². The summed E-state index contributed by atoms with van der Waals surface area (Å²) in [6.45, 7) is 3.37. The lowest BCUT2D eigenvalue weighted by Gasteiger charge is -2.38. The summed E-state index contributed by atoms with van der Waals surface area (Å²) in [5.41, 5.74) is 0.699. The molecule has 0 amide bonds. The molecular formula is C27H34N6O7S2. The molecule has 2 aliphatic rings. The van der Waals surface area contributed by atoms with Crippen LogP contribution in [0.1, 0.15) is 63.4 Å². The smallest absolute Gasteiger partial charge is 0.363 e. The third-order valence-corrected chi connectivity index (χ3v) is 10.8. The molecule has 13 nitrogen and oxygen atoms in total. The average Bonchev–Trinajstić information content (AvgIpc) is 3.36. The first-order valence-corrected chi connectivity index (χ1v) is 16.5. The molecule has 1 aliphatic carbocycles. The number of non-ortho nitro benzene ring substituents is 1. The zero-order chi connectivity index (χ0) is 29.9. The standard InChI is InChI=1S/C27H34N6O7S2/c1-19-17-41-26-25(19)28-18-29-27(26)30-14-11-21(12-15-30)31(13-5-8-20-6-3-2-4-7-20)42(38,39)40-24-10-9-22(32(34)35)16-23(24)33(36)37/h9-10,16-18,20-21H,2-8,11-15H2,1H3. The van der Waals surface area contributed by atoms with Crippen LogP contribution in [0.25, 0.3) is 10.2 Å². The van der Waals surface area contributed by atoms with E-state index >= 15 is 0 Å². The molecular weight excluding hydrogens is 584 g/mol. The van der Waals surface area contributed by atoms with Crippen LogP contribution >= 0.6 is 11.3 Å². The van der Waals surface area contributed by atoms with E-state index in [1.807, 2.05) is 12.3 Å². The molecule has 0 atom stereocenters. The quantitative estimate of drug-likeness (QED) is 0.190. The van der Waals surface area contributed by atoms with E-state index < -0.39 is 37.3 Å². The van der Waals surface area contributed by atoms with Crippen molar-refractivity contribution >= 4 is 49.1 Å². The highest BCUT2D eigenvalue weighted by atomic mass is 32.2. The monoisotopic (exact) mass is 618 g/mol. The number of thiophene rings is 1. The first-order chi connectivity index (χ1) is 20.1. The number of nitro groups is 2. The van der Waals surface area contributed by atoms with Gasteiger partial charge in [-0.2, -0.15) is 12.7 Å². The summed E-state index contributed by atoms with van der Waals surface area (Å²) < 4.78 is 35.1. The van der Waals surface area contributed by atoms with Gasteiger partial charge in [-0.15, -0.1) is 11.3 Å². The van der Waals surface area contributed by atoms with Gasteiger partial charge in [0.2, 0.25) is 5.75 Å². The van der Waals surface area contributed by atoms with Crippen LogP contribution in [0.2, 0.25) is 0 Å². The summed E-state index contributed by atoms with van der Waals surface area (Å²) in [7, 11) is -4.46. The van der Waals surface area contributed by atoms with Gasteiger partial charge < -0.3 is 9.08 Å². The van der Waals surface area contributed by atoms with E-state index in [4.69, 9.17) is 4.18 Å². The van der Waals surface area contributed by atoms with Gasteiger partial charge in [0, 0.05) is 31.7 Å². The molecule has 42 heavy (non-hydrogen) atoms. The molecule has 0 bridgehead atoms. The Balaban J connectivity index is 1.35. The van der Waals surface area contributed by atoms with Crippen LogP contribution < -0.4 is 9.08 Å². The Bertz CT molecular complexity index is 1550. The van der Waals surface area contributed by atoms with Crippen LogP contribution in [-0.2, 0) is 10.3 Å². The van der Waals surface area contributed by atoms with Gasteiger partial charge in [-0.1, -0.05) is 32.1 Å². The highest BCUT2D eigenvalue weighted by molar-refractivity contribution is 7.84. The van der Waals surface area contributed by atoms with Crippen molar-refractivity contribution in [3.05, 3.63) is 55.7 Å². The number of hydrogen-bond donors (Lipinski definition) is 0. The van der Waals surface area contributed by atoms with E-state index in [2.05, 4.69) is 14.9 Å². The minimum absolute atomic E-state index is 0.228. The van der Waals surface area contributed by atoms with Crippen LogP contribution in [-0.4, -0.2) is 58.2 Å². The normalized spacial score (nSPS) is 17.1. The highest BCUT2D eigenvalue weighted by Crippen LogP contribution is 2.36. The second kappa shape index (κ2) is 12.8. The van der Waals surface area contributed by atoms with E-state index in [-0.39, 0.29) is 12.6 Å². The van der Waals surface area contributed by atoms with Gasteiger partial charge in [0.25, 0.3) is 5.69 Å². The minimum Gasteiger partial charge on any atom is -0.363 e. The maximum absolute atomic E-state index is 13.7. The molecule has 3 aromatic rings. The fraction of sp³-hybridized carbons (Fsp3) is 0.556. The van der Waals surface area contributed by atoms with E-state index in [1.54, 1.807) is 17.7 Å². The van der Waals surface area contributed by atoms with Gasteiger partial charge in [-0.25, -0.2) is 9.97 Å². The predicted molar refractivity (Wildman–Crippen MR) is 159 cm³/mol. The van der Waals surface area contributed by atoms with E-state index in [9.17, 15) is 28.6 Å². The van der Waals surface area contributed by atoms with Crippen molar-refractivity contribution in [1.29, 1.82) is 0 Å². The number of fused-ring (bicyclic) bond motifs is 1. The zero-order valence-electron chi connectivity index (χ0n) is 23.4. The lowest BCUT2D eigenvalue weighted by molar-refractivity contribution is -0.394. The van der Waals surface area contributed by atoms with Crippen LogP contribution in [0, 0.1) is 33.1 Å². The van der Waals surface area contributed by atoms with Crippen molar-refractivity contribution in [2.24, 2.45) is 5.92 Å². The molecule has 0 radical (unpaired) electrons. The number of piperidine rings is 1. The molecule has 1 aliphatic heterocycles. The fourth-order valence-electron chi connectivity index (χ4n) is 6.03. The largest absolute Gasteiger partial charge is 0.385 e. The molecule has 15 heteroatoms. The van der Waals surface area contributed by atoms with Gasteiger partial charge in [-0.05, 0) is 55.5 Å². The summed E-state index contributed by atoms with van der Waals surface area (Å²) in [5, 5.41) is 24.8. The van der Waals surface area contributed by atoms with Crippen molar-refractivity contribution in [2.45, 2.75) is 70.8 Å². The average molecular weight is 619 g/mol.